The van der Waals surface area contributed by atoms with Crippen molar-refractivity contribution in [1.29, 1.82) is 0 Å². The molecule has 1 aliphatic carbocycles. The standard InChI is InChI=1S/C16H22N4/c1-20-10-9-18-16(20)11-15(19-17)14-8-4-6-12-5-2-3-7-13(12)14/h2-3,5,7,9-10,14-15,19H,4,6,8,11,17H2,1H3. The summed E-state index contributed by atoms with van der Waals surface area (Å²) in [5.41, 5.74) is 5.96. The van der Waals surface area contributed by atoms with Crippen molar-refractivity contribution in [3.8, 4) is 0 Å². The van der Waals surface area contributed by atoms with Crippen LogP contribution in [0.4, 0.5) is 0 Å². The Morgan fingerprint density at radius 1 is 1.45 bits per heavy atom. The molecule has 3 N–H and O–H groups in total. The number of hydrogen-bond acceptors (Lipinski definition) is 3. The number of aromatic nitrogens is 2. The number of nitrogens with one attached hydrogen (secondary N) is 1. The predicted octanol–water partition coefficient (Wildman–Crippen LogP) is 1.91. The molecule has 0 aliphatic heterocycles. The van der Waals surface area contributed by atoms with E-state index in [0.717, 1.165) is 12.2 Å². The summed E-state index contributed by atoms with van der Waals surface area (Å²) in [6.07, 6.45) is 8.30. The van der Waals surface area contributed by atoms with Gasteiger partial charge >= 0.3 is 0 Å². The Balaban J connectivity index is 1.85. The average molecular weight is 270 g/mol. The Morgan fingerprint density at radius 2 is 2.30 bits per heavy atom. The summed E-state index contributed by atoms with van der Waals surface area (Å²) in [6.45, 7) is 0. The molecule has 1 aromatic heterocycles. The summed E-state index contributed by atoms with van der Waals surface area (Å²) in [5, 5.41) is 0. The minimum atomic E-state index is 0.234. The van der Waals surface area contributed by atoms with Crippen LogP contribution >= 0.6 is 0 Å². The maximum Gasteiger partial charge on any atom is 0.109 e. The van der Waals surface area contributed by atoms with Crippen molar-refractivity contribution in [2.75, 3.05) is 0 Å². The highest BCUT2D eigenvalue weighted by molar-refractivity contribution is 5.34. The maximum absolute atomic E-state index is 5.84. The molecule has 2 aromatic rings. The van der Waals surface area contributed by atoms with Crippen molar-refractivity contribution < 1.29 is 0 Å². The average Bonchev–Trinajstić information content (AvgIpc) is 2.89. The van der Waals surface area contributed by atoms with Gasteiger partial charge in [-0.3, -0.25) is 11.3 Å². The van der Waals surface area contributed by atoms with Gasteiger partial charge in [0.15, 0.2) is 0 Å². The quantitative estimate of drug-likeness (QED) is 0.659. The summed E-state index contributed by atoms with van der Waals surface area (Å²) in [6, 6.07) is 8.99. The molecule has 1 aromatic carbocycles. The first-order chi connectivity index (χ1) is 9.79. The van der Waals surface area contributed by atoms with Crippen molar-refractivity contribution in [2.45, 2.75) is 37.6 Å². The Labute approximate surface area is 120 Å². The second kappa shape index (κ2) is 5.77. The molecule has 20 heavy (non-hydrogen) atoms. The van der Waals surface area contributed by atoms with Gasteiger partial charge in [0.05, 0.1) is 0 Å². The Morgan fingerprint density at radius 3 is 3.05 bits per heavy atom. The van der Waals surface area contributed by atoms with Crippen LogP contribution in [0.25, 0.3) is 0 Å². The van der Waals surface area contributed by atoms with Gasteiger partial charge in [-0.05, 0) is 30.4 Å². The maximum atomic E-state index is 5.84. The lowest BCUT2D eigenvalue weighted by atomic mass is 9.78. The van der Waals surface area contributed by atoms with Crippen LogP contribution in [0.2, 0.25) is 0 Å². The number of aryl methyl sites for hydroxylation is 2. The third-order valence-corrected chi connectivity index (χ3v) is 4.44. The van der Waals surface area contributed by atoms with Gasteiger partial charge in [-0.25, -0.2) is 4.98 Å². The molecular formula is C16H22N4. The molecular weight excluding hydrogens is 248 g/mol. The highest BCUT2D eigenvalue weighted by Crippen LogP contribution is 2.34. The Hall–Kier alpha value is -1.65. The highest BCUT2D eigenvalue weighted by atomic mass is 15.2. The van der Waals surface area contributed by atoms with Crippen molar-refractivity contribution in [1.82, 2.24) is 15.0 Å². The van der Waals surface area contributed by atoms with Crippen LogP contribution in [0.5, 0.6) is 0 Å². The van der Waals surface area contributed by atoms with Crippen LogP contribution in [0.1, 0.15) is 35.7 Å². The van der Waals surface area contributed by atoms with Gasteiger partial charge in [0.1, 0.15) is 5.82 Å². The van der Waals surface area contributed by atoms with Gasteiger partial charge in [-0.15, -0.1) is 0 Å². The van der Waals surface area contributed by atoms with E-state index in [1.54, 1.807) is 0 Å². The number of benzene rings is 1. The van der Waals surface area contributed by atoms with Gasteiger partial charge in [0, 0.05) is 37.8 Å². The molecule has 0 bridgehead atoms. The molecule has 0 saturated carbocycles. The molecule has 0 amide bonds. The lowest BCUT2D eigenvalue weighted by molar-refractivity contribution is 0.387. The highest BCUT2D eigenvalue weighted by Gasteiger charge is 2.27. The van der Waals surface area contributed by atoms with Crippen LogP contribution in [-0.2, 0) is 19.9 Å². The van der Waals surface area contributed by atoms with E-state index >= 15 is 0 Å². The lowest BCUT2D eigenvalue weighted by Crippen LogP contribution is -2.43. The zero-order chi connectivity index (χ0) is 13.9. The molecule has 2 atom stereocenters. The topological polar surface area (TPSA) is 55.9 Å². The first-order valence-electron chi connectivity index (χ1n) is 7.29. The van der Waals surface area contributed by atoms with Gasteiger partial charge < -0.3 is 4.57 Å². The first kappa shape index (κ1) is 13.3. The zero-order valence-corrected chi connectivity index (χ0v) is 11.9. The molecule has 1 heterocycles. The fourth-order valence-corrected chi connectivity index (χ4v) is 3.32. The Kier molecular flexibility index (Phi) is 3.85. The van der Waals surface area contributed by atoms with Gasteiger partial charge in [-0.2, -0.15) is 0 Å². The summed E-state index contributed by atoms with van der Waals surface area (Å²) < 4.78 is 2.07. The normalized spacial score (nSPS) is 19.6. The molecule has 3 rings (SSSR count). The van der Waals surface area contributed by atoms with Gasteiger partial charge in [0.25, 0.3) is 0 Å². The predicted molar refractivity (Wildman–Crippen MR) is 80.1 cm³/mol. The van der Waals surface area contributed by atoms with E-state index in [4.69, 9.17) is 5.84 Å². The molecule has 4 heteroatoms. The number of hydrogen-bond donors (Lipinski definition) is 2. The fraction of sp³-hybridized carbons (Fsp3) is 0.438. The smallest absolute Gasteiger partial charge is 0.109 e. The zero-order valence-electron chi connectivity index (χ0n) is 11.9. The number of imidazole rings is 1. The number of nitrogens with zero attached hydrogens (tertiary/aromatic N) is 2. The van der Waals surface area contributed by atoms with E-state index in [1.165, 1.54) is 30.4 Å². The second-order valence-corrected chi connectivity index (χ2v) is 5.63. The minimum Gasteiger partial charge on any atom is -0.338 e. The lowest BCUT2D eigenvalue weighted by Gasteiger charge is -2.32. The van der Waals surface area contributed by atoms with Crippen LogP contribution in [0.3, 0.4) is 0 Å². The van der Waals surface area contributed by atoms with E-state index in [1.807, 2.05) is 19.4 Å². The van der Waals surface area contributed by atoms with Crippen molar-refractivity contribution in [3.63, 3.8) is 0 Å². The molecule has 0 fully saturated rings. The molecule has 106 valence electrons. The van der Waals surface area contributed by atoms with Crippen molar-refractivity contribution in [3.05, 3.63) is 53.6 Å². The van der Waals surface area contributed by atoms with Crippen LogP contribution in [-0.4, -0.2) is 15.6 Å². The number of hydrazine groups is 1. The third kappa shape index (κ3) is 2.49. The van der Waals surface area contributed by atoms with Gasteiger partial charge in [-0.1, -0.05) is 24.3 Å². The van der Waals surface area contributed by atoms with Crippen molar-refractivity contribution in [2.24, 2.45) is 12.9 Å². The molecule has 4 nitrogen and oxygen atoms in total. The molecule has 0 saturated heterocycles. The second-order valence-electron chi connectivity index (χ2n) is 5.63. The molecule has 0 radical (unpaired) electrons. The van der Waals surface area contributed by atoms with E-state index in [0.29, 0.717) is 5.92 Å². The number of nitrogens with two attached hydrogens (primary N) is 1. The van der Waals surface area contributed by atoms with E-state index < -0.39 is 0 Å². The molecule has 0 spiro atoms. The SMILES string of the molecule is Cn1ccnc1CC(NN)C1CCCc2ccccc21. The molecule has 1 aliphatic rings. The number of rotatable bonds is 4. The summed E-state index contributed by atoms with van der Waals surface area (Å²) in [5.74, 6) is 7.39. The summed E-state index contributed by atoms with van der Waals surface area (Å²) in [7, 11) is 2.03. The number of fused-ring (bicyclic) bond motifs is 1. The summed E-state index contributed by atoms with van der Waals surface area (Å²) in [4.78, 5) is 4.42. The van der Waals surface area contributed by atoms with E-state index in [2.05, 4.69) is 39.2 Å². The largest absolute Gasteiger partial charge is 0.338 e. The fourth-order valence-electron chi connectivity index (χ4n) is 3.32. The first-order valence-corrected chi connectivity index (χ1v) is 7.29. The third-order valence-electron chi connectivity index (χ3n) is 4.44. The van der Waals surface area contributed by atoms with Crippen LogP contribution in [0.15, 0.2) is 36.7 Å². The molecule has 2 unspecified atom stereocenters. The van der Waals surface area contributed by atoms with Crippen molar-refractivity contribution >= 4 is 0 Å². The van der Waals surface area contributed by atoms with Crippen LogP contribution in [0, 0.1) is 0 Å². The minimum absolute atomic E-state index is 0.234. The summed E-state index contributed by atoms with van der Waals surface area (Å²) >= 11 is 0. The van der Waals surface area contributed by atoms with E-state index in [-0.39, 0.29) is 6.04 Å². The van der Waals surface area contributed by atoms with Gasteiger partial charge in [0.2, 0.25) is 0 Å². The van der Waals surface area contributed by atoms with Crippen LogP contribution < -0.4 is 11.3 Å². The Bertz CT molecular complexity index is 575. The van der Waals surface area contributed by atoms with E-state index in [9.17, 15) is 0 Å². The monoisotopic (exact) mass is 270 g/mol.